The molecule has 2 heterocycles. The Morgan fingerprint density at radius 2 is 1.76 bits per heavy atom. The predicted molar refractivity (Wildman–Crippen MR) is 102 cm³/mol. The van der Waals surface area contributed by atoms with Crippen LogP contribution < -0.4 is 0 Å². The summed E-state index contributed by atoms with van der Waals surface area (Å²) in [4.78, 5) is 53.2. The first-order valence-corrected chi connectivity index (χ1v) is 9.65. The van der Waals surface area contributed by atoms with Gasteiger partial charge in [-0.1, -0.05) is 0 Å². The molecule has 0 radical (unpaired) electrons. The molecule has 1 fully saturated rings. The molecule has 0 unspecified atom stereocenters. The van der Waals surface area contributed by atoms with Crippen LogP contribution in [0.25, 0.3) is 0 Å². The molecular formula is C20H28N2O7. The molecule has 1 N–H and O–H groups in total. The largest absolute Gasteiger partial charge is 0.466 e. The van der Waals surface area contributed by atoms with Gasteiger partial charge in [0.2, 0.25) is 0 Å². The second-order valence-electron chi connectivity index (χ2n) is 7.02. The molecule has 29 heavy (non-hydrogen) atoms. The van der Waals surface area contributed by atoms with Gasteiger partial charge in [0.1, 0.15) is 5.69 Å². The highest BCUT2D eigenvalue weighted by Crippen LogP contribution is 2.22. The maximum Gasteiger partial charge on any atom is 0.355 e. The van der Waals surface area contributed by atoms with Crippen LogP contribution in [0, 0.1) is 19.8 Å². The highest BCUT2D eigenvalue weighted by molar-refractivity contribution is 5.99. The van der Waals surface area contributed by atoms with Crippen molar-refractivity contribution in [1.29, 1.82) is 0 Å². The van der Waals surface area contributed by atoms with E-state index in [-0.39, 0.29) is 29.1 Å². The summed E-state index contributed by atoms with van der Waals surface area (Å²) >= 11 is 0. The first kappa shape index (κ1) is 22.4. The van der Waals surface area contributed by atoms with E-state index in [0.717, 1.165) is 0 Å². The summed E-state index contributed by atoms with van der Waals surface area (Å²) in [6, 6.07) is 0. The zero-order valence-electron chi connectivity index (χ0n) is 17.5. The number of rotatable bonds is 6. The molecule has 1 aromatic heterocycles. The molecule has 1 atom stereocenters. The number of likely N-dealkylation sites (tertiary alicyclic amines) is 1. The number of piperidine rings is 1. The second-order valence-corrected chi connectivity index (χ2v) is 7.02. The lowest BCUT2D eigenvalue weighted by Gasteiger charge is -2.32. The molecule has 9 heteroatoms. The van der Waals surface area contributed by atoms with Gasteiger partial charge in [0.25, 0.3) is 5.91 Å². The number of ether oxygens (including phenoxy) is 3. The first-order chi connectivity index (χ1) is 13.7. The Kier molecular flexibility index (Phi) is 7.41. The molecule has 0 aromatic carbocycles. The zero-order chi connectivity index (χ0) is 21.7. The third-order valence-electron chi connectivity index (χ3n) is 5.09. The van der Waals surface area contributed by atoms with Crippen molar-refractivity contribution in [2.24, 2.45) is 5.92 Å². The van der Waals surface area contributed by atoms with Gasteiger partial charge in [-0.25, -0.2) is 9.59 Å². The van der Waals surface area contributed by atoms with Gasteiger partial charge >= 0.3 is 17.9 Å². The predicted octanol–water partition coefficient (Wildman–Crippen LogP) is 1.77. The summed E-state index contributed by atoms with van der Waals surface area (Å²) < 4.78 is 15.1. The minimum absolute atomic E-state index is 0.114. The molecule has 1 amide bonds. The summed E-state index contributed by atoms with van der Waals surface area (Å²) in [5, 5.41) is 0. The molecule has 9 nitrogen and oxygen atoms in total. The van der Waals surface area contributed by atoms with E-state index < -0.39 is 18.0 Å². The number of carbonyl (C=O) groups is 4. The van der Waals surface area contributed by atoms with Crippen LogP contribution in [-0.4, -0.2) is 66.6 Å². The Morgan fingerprint density at radius 3 is 2.31 bits per heavy atom. The average Bonchev–Trinajstić information content (AvgIpc) is 3.01. The van der Waals surface area contributed by atoms with Crippen molar-refractivity contribution in [3.8, 4) is 0 Å². The molecule has 1 aromatic rings. The Morgan fingerprint density at radius 1 is 1.14 bits per heavy atom. The van der Waals surface area contributed by atoms with Crippen LogP contribution in [0.15, 0.2) is 0 Å². The summed E-state index contributed by atoms with van der Waals surface area (Å²) in [7, 11) is 1.26. The monoisotopic (exact) mass is 408 g/mol. The third-order valence-corrected chi connectivity index (χ3v) is 5.09. The maximum absolute atomic E-state index is 12.6. The lowest BCUT2D eigenvalue weighted by atomic mass is 9.97. The van der Waals surface area contributed by atoms with E-state index >= 15 is 0 Å². The maximum atomic E-state index is 12.6. The second kappa shape index (κ2) is 9.58. The van der Waals surface area contributed by atoms with Gasteiger partial charge < -0.3 is 24.1 Å². The number of nitrogens with zero attached hydrogens (tertiary/aromatic N) is 1. The topological polar surface area (TPSA) is 115 Å². The molecule has 0 aliphatic carbocycles. The Hall–Kier alpha value is -2.84. The Balaban J connectivity index is 1.97. The number of aromatic amines is 1. The number of hydrogen-bond donors (Lipinski definition) is 1. The van der Waals surface area contributed by atoms with Crippen LogP contribution in [0.1, 0.15) is 58.8 Å². The molecule has 0 spiro atoms. The molecule has 1 saturated heterocycles. The van der Waals surface area contributed by atoms with E-state index in [4.69, 9.17) is 14.2 Å². The van der Waals surface area contributed by atoms with Crippen LogP contribution in [0.5, 0.6) is 0 Å². The van der Waals surface area contributed by atoms with E-state index in [9.17, 15) is 19.2 Å². The number of methoxy groups -OCH3 is 1. The average molecular weight is 408 g/mol. The summed E-state index contributed by atoms with van der Waals surface area (Å²) in [5.74, 6) is -2.04. The minimum Gasteiger partial charge on any atom is -0.466 e. The number of H-pyrrole nitrogens is 1. The van der Waals surface area contributed by atoms with Crippen LogP contribution in [0.4, 0.5) is 0 Å². The van der Waals surface area contributed by atoms with E-state index in [0.29, 0.717) is 43.8 Å². The molecule has 1 aliphatic heterocycles. The number of hydrogen-bond acceptors (Lipinski definition) is 7. The lowest BCUT2D eigenvalue weighted by Crippen LogP contribution is -2.45. The van der Waals surface area contributed by atoms with Gasteiger partial charge in [0.05, 0.1) is 25.2 Å². The molecule has 0 saturated carbocycles. The number of carbonyl (C=O) groups excluding carboxylic acids is 4. The van der Waals surface area contributed by atoms with Crippen LogP contribution >= 0.6 is 0 Å². The van der Waals surface area contributed by atoms with Gasteiger partial charge in [0, 0.05) is 18.8 Å². The quantitative estimate of drug-likeness (QED) is 0.563. The molecule has 0 bridgehead atoms. The zero-order valence-corrected chi connectivity index (χ0v) is 17.5. The van der Waals surface area contributed by atoms with Gasteiger partial charge in [-0.15, -0.1) is 0 Å². The van der Waals surface area contributed by atoms with Crippen molar-refractivity contribution in [3.63, 3.8) is 0 Å². The van der Waals surface area contributed by atoms with E-state index in [1.807, 2.05) is 0 Å². The summed E-state index contributed by atoms with van der Waals surface area (Å²) in [6.45, 7) is 7.66. The number of aromatic nitrogens is 1. The van der Waals surface area contributed by atoms with Crippen molar-refractivity contribution in [2.45, 2.75) is 46.6 Å². The van der Waals surface area contributed by atoms with Gasteiger partial charge in [-0.05, 0) is 46.1 Å². The SMILES string of the molecule is CCOC(=O)C1CCN(C(=O)[C@H](C)OC(=O)c2[nH]c(C)c(C(=O)OC)c2C)CC1. The molecule has 2 rings (SSSR count). The highest BCUT2D eigenvalue weighted by Gasteiger charge is 2.32. The van der Waals surface area contributed by atoms with Crippen molar-refractivity contribution in [1.82, 2.24) is 9.88 Å². The van der Waals surface area contributed by atoms with E-state index in [1.54, 1.807) is 25.7 Å². The Bertz CT molecular complexity index is 791. The number of esters is 3. The number of amides is 1. The summed E-state index contributed by atoms with van der Waals surface area (Å²) in [5.41, 5.74) is 1.29. The fraction of sp³-hybridized carbons (Fsp3) is 0.600. The standard InChI is InChI=1S/C20H28N2O7/c1-6-28-18(24)14-7-9-22(10-8-14)17(23)13(4)29-20(26)16-11(2)15(12(3)21-16)19(25)27-5/h13-14,21H,6-10H2,1-5H3/t13-/m0/s1. The van der Waals surface area contributed by atoms with Gasteiger partial charge in [-0.2, -0.15) is 0 Å². The smallest absolute Gasteiger partial charge is 0.355 e. The van der Waals surface area contributed by atoms with Crippen LogP contribution in [0.3, 0.4) is 0 Å². The first-order valence-electron chi connectivity index (χ1n) is 9.65. The molecular weight excluding hydrogens is 380 g/mol. The van der Waals surface area contributed by atoms with Crippen molar-refractivity contribution in [2.75, 3.05) is 26.8 Å². The normalized spacial score (nSPS) is 15.6. The molecule has 1 aliphatic rings. The fourth-order valence-corrected chi connectivity index (χ4v) is 3.49. The van der Waals surface area contributed by atoms with E-state index in [1.165, 1.54) is 14.0 Å². The number of nitrogens with one attached hydrogen (secondary N) is 1. The lowest BCUT2D eigenvalue weighted by molar-refractivity contribution is -0.152. The number of aryl methyl sites for hydroxylation is 1. The van der Waals surface area contributed by atoms with Gasteiger partial charge in [0.15, 0.2) is 6.10 Å². The summed E-state index contributed by atoms with van der Waals surface area (Å²) in [6.07, 6.45) is 0.0388. The van der Waals surface area contributed by atoms with Crippen LogP contribution in [-0.2, 0) is 23.8 Å². The van der Waals surface area contributed by atoms with Crippen LogP contribution in [0.2, 0.25) is 0 Å². The molecule has 160 valence electrons. The van der Waals surface area contributed by atoms with Crippen molar-refractivity contribution in [3.05, 3.63) is 22.5 Å². The highest BCUT2D eigenvalue weighted by atomic mass is 16.5. The third kappa shape index (κ3) is 4.96. The van der Waals surface area contributed by atoms with Gasteiger partial charge in [-0.3, -0.25) is 9.59 Å². The minimum atomic E-state index is -0.994. The fourth-order valence-electron chi connectivity index (χ4n) is 3.49. The van der Waals surface area contributed by atoms with E-state index in [2.05, 4.69) is 4.98 Å². The van der Waals surface area contributed by atoms with Crippen molar-refractivity contribution >= 4 is 23.8 Å². The van der Waals surface area contributed by atoms with Crippen molar-refractivity contribution < 1.29 is 33.4 Å². The Labute approximate surface area is 169 Å².